The van der Waals surface area contributed by atoms with Crippen molar-refractivity contribution >= 4 is 28.3 Å². The van der Waals surface area contributed by atoms with Crippen LogP contribution < -0.4 is 5.32 Å². The highest BCUT2D eigenvalue weighted by Crippen LogP contribution is 2.16. The van der Waals surface area contributed by atoms with E-state index in [0.717, 1.165) is 24.3 Å². The smallest absolute Gasteiger partial charge is 0.125 e. The van der Waals surface area contributed by atoms with Crippen molar-refractivity contribution in [1.82, 2.24) is 9.97 Å². The van der Waals surface area contributed by atoms with Gasteiger partial charge in [0.15, 0.2) is 0 Å². The fourth-order valence-corrected chi connectivity index (χ4v) is 2.29. The van der Waals surface area contributed by atoms with Crippen molar-refractivity contribution in [2.75, 3.05) is 11.9 Å². The SMILES string of the molecule is Clc1ccc(NCCc2cccc3cccnc23)nc1. The van der Waals surface area contributed by atoms with Gasteiger partial charge in [-0.15, -0.1) is 0 Å². The molecule has 3 nitrogen and oxygen atoms in total. The molecule has 1 N–H and O–H groups in total. The summed E-state index contributed by atoms with van der Waals surface area (Å²) < 4.78 is 0. The zero-order chi connectivity index (χ0) is 13.8. The number of rotatable bonds is 4. The Balaban J connectivity index is 1.69. The van der Waals surface area contributed by atoms with Gasteiger partial charge in [-0.05, 0) is 30.2 Å². The molecule has 3 aromatic rings. The van der Waals surface area contributed by atoms with Crippen molar-refractivity contribution in [3.8, 4) is 0 Å². The van der Waals surface area contributed by atoms with E-state index >= 15 is 0 Å². The Morgan fingerprint density at radius 1 is 1.00 bits per heavy atom. The zero-order valence-corrected chi connectivity index (χ0v) is 11.6. The van der Waals surface area contributed by atoms with Crippen molar-refractivity contribution in [3.05, 3.63) is 65.4 Å². The monoisotopic (exact) mass is 283 g/mol. The molecule has 0 aliphatic rings. The summed E-state index contributed by atoms with van der Waals surface area (Å²) in [6, 6.07) is 14.0. The lowest BCUT2D eigenvalue weighted by Gasteiger charge is -2.07. The second kappa shape index (κ2) is 5.88. The summed E-state index contributed by atoms with van der Waals surface area (Å²) in [6.45, 7) is 0.810. The van der Waals surface area contributed by atoms with Crippen LogP contribution in [0.5, 0.6) is 0 Å². The van der Waals surface area contributed by atoms with Crippen molar-refractivity contribution in [2.45, 2.75) is 6.42 Å². The number of halogens is 1. The predicted octanol–water partition coefficient (Wildman–Crippen LogP) is 3.94. The van der Waals surface area contributed by atoms with Gasteiger partial charge < -0.3 is 5.32 Å². The summed E-state index contributed by atoms with van der Waals surface area (Å²) >= 11 is 5.81. The van der Waals surface area contributed by atoms with E-state index in [1.165, 1.54) is 10.9 Å². The molecule has 20 heavy (non-hydrogen) atoms. The summed E-state index contributed by atoms with van der Waals surface area (Å²) in [6.07, 6.45) is 4.38. The van der Waals surface area contributed by atoms with Gasteiger partial charge in [-0.25, -0.2) is 4.98 Å². The van der Waals surface area contributed by atoms with Crippen LogP contribution in [0.3, 0.4) is 0 Å². The summed E-state index contributed by atoms with van der Waals surface area (Å²) in [5.74, 6) is 0.836. The van der Waals surface area contributed by atoms with Crippen LogP contribution in [0.15, 0.2) is 54.9 Å². The van der Waals surface area contributed by atoms with Crippen LogP contribution >= 0.6 is 11.6 Å². The van der Waals surface area contributed by atoms with Gasteiger partial charge in [-0.1, -0.05) is 35.9 Å². The average Bonchev–Trinajstić information content (AvgIpc) is 2.49. The Morgan fingerprint density at radius 2 is 1.90 bits per heavy atom. The number of benzene rings is 1. The van der Waals surface area contributed by atoms with E-state index < -0.39 is 0 Å². The Hall–Kier alpha value is -2.13. The van der Waals surface area contributed by atoms with Gasteiger partial charge >= 0.3 is 0 Å². The van der Waals surface area contributed by atoms with E-state index in [-0.39, 0.29) is 0 Å². The van der Waals surface area contributed by atoms with Crippen molar-refractivity contribution in [3.63, 3.8) is 0 Å². The van der Waals surface area contributed by atoms with E-state index in [9.17, 15) is 0 Å². The third-order valence-electron chi connectivity index (χ3n) is 3.14. The molecular weight excluding hydrogens is 270 g/mol. The topological polar surface area (TPSA) is 37.8 Å². The summed E-state index contributed by atoms with van der Waals surface area (Å²) in [7, 11) is 0. The lowest BCUT2D eigenvalue weighted by molar-refractivity contribution is 1.01. The molecule has 0 fully saturated rings. The fraction of sp³-hybridized carbons (Fsp3) is 0.125. The molecule has 0 aliphatic heterocycles. The van der Waals surface area contributed by atoms with E-state index in [4.69, 9.17) is 11.6 Å². The van der Waals surface area contributed by atoms with Gasteiger partial charge in [0.05, 0.1) is 10.5 Å². The minimum atomic E-state index is 0.647. The molecule has 0 saturated carbocycles. The standard InChI is InChI=1S/C16H14ClN3/c17-14-6-7-15(20-11-14)18-10-8-13-4-1-3-12-5-2-9-19-16(12)13/h1-7,9,11H,8,10H2,(H,18,20). The van der Waals surface area contributed by atoms with E-state index in [1.54, 1.807) is 6.20 Å². The largest absolute Gasteiger partial charge is 0.370 e. The highest BCUT2D eigenvalue weighted by Gasteiger charge is 2.01. The minimum absolute atomic E-state index is 0.647. The molecule has 2 aromatic heterocycles. The molecule has 0 radical (unpaired) electrons. The third kappa shape index (κ3) is 2.89. The number of nitrogens with one attached hydrogen (secondary N) is 1. The maximum Gasteiger partial charge on any atom is 0.125 e. The van der Waals surface area contributed by atoms with Gasteiger partial charge in [0.1, 0.15) is 5.82 Å². The van der Waals surface area contributed by atoms with Crippen molar-refractivity contribution < 1.29 is 0 Å². The Kier molecular flexibility index (Phi) is 3.79. The normalized spacial score (nSPS) is 10.7. The summed E-state index contributed by atoms with van der Waals surface area (Å²) in [4.78, 5) is 8.67. The quantitative estimate of drug-likeness (QED) is 0.788. The van der Waals surface area contributed by atoms with Crippen LogP contribution in [-0.4, -0.2) is 16.5 Å². The molecular formula is C16H14ClN3. The summed E-state index contributed by atoms with van der Waals surface area (Å²) in [5, 5.41) is 5.11. The number of nitrogens with zero attached hydrogens (tertiary/aromatic N) is 2. The highest BCUT2D eigenvalue weighted by atomic mass is 35.5. The average molecular weight is 284 g/mol. The number of anilines is 1. The Morgan fingerprint density at radius 3 is 2.75 bits per heavy atom. The summed E-state index contributed by atoms with van der Waals surface area (Å²) in [5.41, 5.74) is 2.31. The first kappa shape index (κ1) is 12.9. The number of hydrogen-bond donors (Lipinski definition) is 1. The fourth-order valence-electron chi connectivity index (χ4n) is 2.17. The molecule has 0 amide bonds. The molecule has 0 bridgehead atoms. The van der Waals surface area contributed by atoms with Gasteiger partial charge in [-0.2, -0.15) is 0 Å². The lowest BCUT2D eigenvalue weighted by atomic mass is 10.1. The Bertz CT molecular complexity index is 705. The van der Waals surface area contributed by atoms with Crippen LogP contribution in [0.1, 0.15) is 5.56 Å². The maximum absolute atomic E-state index is 5.81. The molecule has 3 rings (SSSR count). The molecule has 0 atom stereocenters. The first-order chi connectivity index (χ1) is 9.83. The number of fused-ring (bicyclic) bond motifs is 1. The predicted molar refractivity (Wildman–Crippen MR) is 83.2 cm³/mol. The number of aromatic nitrogens is 2. The zero-order valence-electron chi connectivity index (χ0n) is 10.9. The van der Waals surface area contributed by atoms with E-state index in [2.05, 4.69) is 39.6 Å². The molecule has 0 saturated heterocycles. The number of para-hydroxylation sites is 1. The van der Waals surface area contributed by atoms with Gasteiger partial charge in [0, 0.05) is 24.3 Å². The Labute approximate surface area is 122 Å². The van der Waals surface area contributed by atoms with E-state index in [0.29, 0.717) is 5.02 Å². The van der Waals surface area contributed by atoms with Crippen LogP contribution in [-0.2, 0) is 6.42 Å². The van der Waals surface area contributed by atoms with Crippen LogP contribution in [0.4, 0.5) is 5.82 Å². The van der Waals surface area contributed by atoms with Crippen molar-refractivity contribution in [2.24, 2.45) is 0 Å². The molecule has 0 unspecified atom stereocenters. The van der Waals surface area contributed by atoms with E-state index in [1.807, 2.05) is 24.4 Å². The minimum Gasteiger partial charge on any atom is -0.370 e. The molecule has 1 aromatic carbocycles. The van der Waals surface area contributed by atoms with Crippen LogP contribution in [0.2, 0.25) is 5.02 Å². The van der Waals surface area contributed by atoms with Crippen LogP contribution in [0, 0.1) is 0 Å². The number of pyridine rings is 2. The third-order valence-corrected chi connectivity index (χ3v) is 3.37. The molecule has 0 spiro atoms. The lowest BCUT2D eigenvalue weighted by Crippen LogP contribution is -2.06. The van der Waals surface area contributed by atoms with Gasteiger partial charge in [0.2, 0.25) is 0 Å². The first-order valence-electron chi connectivity index (χ1n) is 6.51. The second-order valence-corrected chi connectivity index (χ2v) is 4.97. The molecule has 100 valence electrons. The van der Waals surface area contributed by atoms with Crippen molar-refractivity contribution in [1.29, 1.82) is 0 Å². The van der Waals surface area contributed by atoms with Crippen LogP contribution in [0.25, 0.3) is 10.9 Å². The molecule has 0 aliphatic carbocycles. The first-order valence-corrected chi connectivity index (χ1v) is 6.89. The van der Waals surface area contributed by atoms with Gasteiger partial charge in [-0.3, -0.25) is 4.98 Å². The van der Waals surface area contributed by atoms with Gasteiger partial charge in [0.25, 0.3) is 0 Å². The molecule has 4 heteroatoms. The maximum atomic E-state index is 5.81. The second-order valence-electron chi connectivity index (χ2n) is 4.53. The highest BCUT2D eigenvalue weighted by molar-refractivity contribution is 6.30. The number of hydrogen-bond acceptors (Lipinski definition) is 3. The molecule has 2 heterocycles.